The number of carboxylic acids is 1. The van der Waals surface area contributed by atoms with Crippen molar-refractivity contribution in [1.29, 1.82) is 5.26 Å². The Kier molecular flexibility index (Phi) is 6.17. The summed E-state index contributed by atoms with van der Waals surface area (Å²) in [6.45, 7) is 6.83. The van der Waals surface area contributed by atoms with Crippen molar-refractivity contribution in [3.8, 4) is 6.07 Å². The summed E-state index contributed by atoms with van der Waals surface area (Å²) >= 11 is 0. The van der Waals surface area contributed by atoms with Gasteiger partial charge in [-0.05, 0) is 27.2 Å². The molecule has 0 heterocycles. The second-order valence-electron chi connectivity index (χ2n) is 4.84. The first-order chi connectivity index (χ1) is 8.22. The first kappa shape index (κ1) is 16.2. The van der Waals surface area contributed by atoms with E-state index in [1.807, 2.05) is 6.07 Å². The van der Waals surface area contributed by atoms with Crippen LogP contribution in [0.4, 0.5) is 4.79 Å². The van der Waals surface area contributed by atoms with E-state index in [2.05, 4.69) is 0 Å². The molecular formula is C12H20N2O4. The molecule has 1 atom stereocenters. The van der Waals surface area contributed by atoms with Crippen molar-refractivity contribution in [3.05, 3.63) is 0 Å². The fourth-order valence-corrected chi connectivity index (χ4v) is 1.39. The monoisotopic (exact) mass is 256 g/mol. The Balaban J connectivity index is 4.92. The minimum absolute atomic E-state index is 0.0518. The summed E-state index contributed by atoms with van der Waals surface area (Å²) < 4.78 is 5.14. The summed E-state index contributed by atoms with van der Waals surface area (Å²) in [6, 6.07) is 0.927. The lowest BCUT2D eigenvalue weighted by atomic mass is 10.2. The molecule has 0 spiro atoms. The lowest BCUT2D eigenvalue weighted by molar-refractivity contribution is -0.143. The minimum atomic E-state index is -1.10. The van der Waals surface area contributed by atoms with Gasteiger partial charge in [0.1, 0.15) is 11.6 Å². The Morgan fingerprint density at radius 2 is 2.00 bits per heavy atom. The van der Waals surface area contributed by atoms with E-state index in [0.717, 1.165) is 4.90 Å². The zero-order valence-electron chi connectivity index (χ0n) is 11.3. The molecule has 18 heavy (non-hydrogen) atoms. The van der Waals surface area contributed by atoms with Crippen LogP contribution in [0.15, 0.2) is 0 Å². The maximum atomic E-state index is 11.9. The van der Waals surface area contributed by atoms with Crippen LogP contribution in [0, 0.1) is 11.3 Å². The number of hydrogen-bond donors (Lipinski definition) is 1. The molecule has 0 aromatic rings. The SMILES string of the molecule is CCC(C(=O)O)N(CCC#N)C(=O)OC(C)(C)C. The van der Waals surface area contributed by atoms with Gasteiger partial charge in [0, 0.05) is 6.54 Å². The first-order valence-electron chi connectivity index (χ1n) is 5.82. The first-order valence-corrected chi connectivity index (χ1v) is 5.82. The molecule has 1 unspecified atom stereocenters. The Morgan fingerprint density at radius 1 is 1.44 bits per heavy atom. The molecule has 0 radical (unpaired) electrons. The number of aliphatic carboxylic acids is 1. The van der Waals surface area contributed by atoms with Crippen molar-refractivity contribution in [2.24, 2.45) is 0 Å². The summed E-state index contributed by atoms with van der Waals surface area (Å²) in [5.74, 6) is -1.10. The zero-order chi connectivity index (χ0) is 14.3. The number of nitriles is 1. The maximum absolute atomic E-state index is 11.9. The van der Waals surface area contributed by atoms with E-state index in [1.54, 1.807) is 27.7 Å². The molecule has 0 aromatic carbocycles. The number of rotatable bonds is 5. The molecule has 0 saturated carbocycles. The zero-order valence-corrected chi connectivity index (χ0v) is 11.3. The smallest absolute Gasteiger partial charge is 0.411 e. The number of nitrogens with zero attached hydrogens (tertiary/aromatic N) is 2. The van der Waals surface area contributed by atoms with Crippen LogP contribution in [0.1, 0.15) is 40.5 Å². The van der Waals surface area contributed by atoms with Crippen LogP contribution in [-0.4, -0.2) is 40.3 Å². The summed E-state index contributed by atoms with van der Waals surface area (Å²) in [5, 5.41) is 17.6. The molecule has 0 aliphatic heterocycles. The Labute approximate surface area is 107 Å². The number of amides is 1. The summed E-state index contributed by atoms with van der Waals surface area (Å²) in [6.07, 6.45) is -0.366. The Bertz CT molecular complexity index is 341. The Morgan fingerprint density at radius 3 is 2.33 bits per heavy atom. The van der Waals surface area contributed by atoms with Crippen molar-refractivity contribution in [1.82, 2.24) is 4.90 Å². The molecule has 102 valence electrons. The molecule has 6 heteroatoms. The quantitative estimate of drug-likeness (QED) is 0.812. The average Bonchev–Trinajstić information content (AvgIpc) is 2.20. The number of carbonyl (C=O) groups excluding carboxylic acids is 1. The molecule has 0 bridgehead atoms. The highest BCUT2D eigenvalue weighted by molar-refractivity contribution is 5.80. The molecule has 0 aliphatic rings. The highest BCUT2D eigenvalue weighted by atomic mass is 16.6. The third-order valence-corrected chi connectivity index (χ3v) is 2.14. The highest BCUT2D eigenvalue weighted by Crippen LogP contribution is 2.14. The fraction of sp³-hybridized carbons (Fsp3) is 0.750. The van der Waals surface area contributed by atoms with Crippen LogP contribution in [-0.2, 0) is 9.53 Å². The average molecular weight is 256 g/mol. The third kappa shape index (κ3) is 5.53. The van der Waals surface area contributed by atoms with Crippen molar-refractivity contribution < 1.29 is 19.4 Å². The number of carbonyl (C=O) groups is 2. The van der Waals surface area contributed by atoms with Gasteiger partial charge in [0.05, 0.1) is 12.5 Å². The maximum Gasteiger partial charge on any atom is 0.411 e. The van der Waals surface area contributed by atoms with Crippen molar-refractivity contribution in [2.75, 3.05) is 6.54 Å². The normalized spacial score (nSPS) is 12.4. The van der Waals surface area contributed by atoms with E-state index in [0.29, 0.717) is 0 Å². The molecule has 0 fully saturated rings. The Hall–Kier alpha value is -1.77. The molecule has 0 rings (SSSR count). The van der Waals surface area contributed by atoms with Gasteiger partial charge < -0.3 is 9.84 Å². The van der Waals surface area contributed by atoms with Gasteiger partial charge in [-0.2, -0.15) is 5.26 Å². The number of ether oxygens (including phenoxy) is 1. The third-order valence-electron chi connectivity index (χ3n) is 2.14. The van der Waals surface area contributed by atoms with E-state index in [-0.39, 0.29) is 19.4 Å². The second kappa shape index (κ2) is 6.84. The van der Waals surface area contributed by atoms with E-state index >= 15 is 0 Å². The molecule has 0 aromatic heterocycles. The van der Waals surface area contributed by atoms with Crippen LogP contribution in [0.5, 0.6) is 0 Å². The number of hydrogen-bond acceptors (Lipinski definition) is 4. The van der Waals surface area contributed by atoms with E-state index < -0.39 is 23.7 Å². The predicted molar refractivity (Wildman–Crippen MR) is 64.9 cm³/mol. The lowest BCUT2D eigenvalue weighted by Crippen LogP contribution is -2.47. The highest BCUT2D eigenvalue weighted by Gasteiger charge is 2.31. The largest absolute Gasteiger partial charge is 0.480 e. The van der Waals surface area contributed by atoms with E-state index in [9.17, 15) is 9.59 Å². The fourth-order valence-electron chi connectivity index (χ4n) is 1.39. The van der Waals surface area contributed by atoms with Crippen LogP contribution >= 0.6 is 0 Å². The van der Waals surface area contributed by atoms with Gasteiger partial charge in [0.25, 0.3) is 0 Å². The second-order valence-corrected chi connectivity index (χ2v) is 4.84. The molecule has 1 amide bonds. The molecule has 0 aliphatic carbocycles. The minimum Gasteiger partial charge on any atom is -0.480 e. The topological polar surface area (TPSA) is 90.6 Å². The summed E-state index contributed by atoms with van der Waals surface area (Å²) in [7, 11) is 0. The van der Waals surface area contributed by atoms with Gasteiger partial charge in [-0.25, -0.2) is 9.59 Å². The predicted octanol–water partition coefficient (Wildman–Crippen LogP) is 2.00. The van der Waals surface area contributed by atoms with Crippen LogP contribution in [0.2, 0.25) is 0 Å². The van der Waals surface area contributed by atoms with Gasteiger partial charge in [-0.3, -0.25) is 4.90 Å². The molecule has 0 saturated heterocycles. The van der Waals surface area contributed by atoms with E-state index in [1.165, 1.54) is 0 Å². The molecule has 1 N–H and O–H groups in total. The molecular weight excluding hydrogens is 236 g/mol. The van der Waals surface area contributed by atoms with Crippen LogP contribution in [0.25, 0.3) is 0 Å². The van der Waals surface area contributed by atoms with Crippen LogP contribution in [0.3, 0.4) is 0 Å². The van der Waals surface area contributed by atoms with Crippen molar-refractivity contribution >= 4 is 12.1 Å². The van der Waals surface area contributed by atoms with Gasteiger partial charge >= 0.3 is 12.1 Å². The van der Waals surface area contributed by atoms with Gasteiger partial charge in [0.15, 0.2) is 0 Å². The van der Waals surface area contributed by atoms with Crippen molar-refractivity contribution in [3.63, 3.8) is 0 Å². The van der Waals surface area contributed by atoms with Crippen LogP contribution < -0.4 is 0 Å². The summed E-state index contributed by atoms with van der Waals surface area (Å²) in [5.41, 5.74) is -0.696. The van der Waals surface area contributed by atoms with Crippen molar-refractivity contribution in [2.45, 2.75) is 52.2 Å². The van der Waals surface area contributed by atoms with Gasteiger partial charge in [0.2, 0.25) is 0 Å². The standard InChI is InChI=1S/C12H20N2O4/c1-5-9(10(15)16)14(8-6-7-13)11(17)18-12(2,3)4/h9H,5-6,8H2,1-4H3,(H,15,16). The summed E-state index contributed by atoms with van der Waals surface area (Å²) in [4.78, 5) is 24.1. The van der Waals surface area contributed by atoms with Gasteiger partial charge in [-0.1, -0.05) is 6.92 Å². The number of carboxylic acid groups (broad SMARTS) is 1. The lowest BCUT2D eigenvalue weighted by Gasteiger charge is -2.30. The molecule has 6 nitrogen and oxygen atoms in total. The van der Waals surface area contributed by atoms with E-state index in [4.69, 9.17) is 15.1 Å². The van der Waals surface area contributed by atoms with Gasteiger partial charge in [-0.15, -0.1) is 0 Å².